The molecule has 0 aliphatic heterocycles. The highest BCUT2D eigenvalue weighted by Crippen LogP contribution is 2.46. The summed E-state index contributed by atoms with van der Waals surface area (Å²) >= 11 is 0. The molecule has 0 fully saturated rings. The second kappa shape index (κ2) is 20.0. The standard InChI is InChI=1S/C81H61N3/c1-4-17-53-28-38-61(39-29-53)82-74-26-15-13-20-64(74)70-48-57(34-44-76(70)82)59-36-46-78-72(50-59)73-51-60(58-35-45-77-71(49-58)65-21-14-16-27-75(65)83(77)62-40-30-54(31-41-62)52(3)5-2)37-47-79(73)84(78)63-42-32-56(33-43-63)81-68-24-11-9-22-66(68)80(55-18-7-6-8-19-55)67-23-10-12-25-69(67)81/h6-16,18-52H,4-5,17H2,1-3H3. The average Bonchev–Trinajstić information content (AvgIpc) is 2.42. The van der Waals surface area contributed by atoms with Gasteiger partial charge in [0.05, 0.1) is 33.1 Å². The van der Waals surface area contributed by atoms with Gasteiger partial charge in [-0.25, -0.2) is 0 Å². The minimum atomic E-state index is 0.526. The second-order valence-corrected chi connectivity index (χ2v) is 23.0. The van der Waals surface area contributed by atoms with Gasteiger partial charge in [-0.15, -0.1) is 0 Å². The summed E-state index contributed by atoms with van der Waals surface area (Å²) in [4.78, 5) is 0. The summed E-state index contributed by atoms with van der Waals surface area (Å²) in [6.45, 7) is 6.82. The van der Waals surface area contributed by atoms with Gasteiger partial charge in [-0.3, -0.25) is 0 Å². The van der Waals surface area contributed by atoms with Crippen LogP contribution in [0, 0.1) is 0 Å². The molecule has 0 saturated carbocycles. The maximum Gasteiger partial charge on any atom is 0.0541 e. The lowest BCUT2D eigenvalue weighted by Gasteiger charge is -2.18. The number of rotatable bonds is 11. The third-order valence-corrected chi connectivity index (χ3v) is 18.3. The van der Waals surface area contributed by atoms with Crippen molar-refractivity contribution in [2.75, 3.05) is 0 Å². The Kier molecular flexibility index (Phi) is 11.8. The second-order valence-electron chi connectivity index (χ2n) is 23.0. The first-order valence-corrected chi connectivity index (χ1v) is 29.9. The van der Waals surface area contributed by atoms with Crippen LogP contribution in [0.1, 0.15) is 50.7 Å². The third-order valence-electron chi connectivity index (χ3n) is 18.3. The van der Waals surface area contributed by atoms with Crippen LogP contribution in [0.2, 0.25) is 0 Å². The van der Waals surface area contributed by atoms with Gasteiger partial charge >= 0.3 is 0 Å². The Hall–Kier alpha value is -10.2. The number of para-hydroxylation sites is 2. The van der Waals surface area contributed by atoms with Gasteiger partial charge in [-0.2, -0.15) is 0 Å². The van der Waals surface area contributed by atoms with Crippen molar-refractivity contribution in [1.29, 1.82) is 0 Å². The van der Waals surface area contributed by atoms with E-state index >= 15 is 0 Å². The van der Waals surface area contributed by atoms with Gasteiger partial charge in [-0.1, -0.05) is 203 Å². The molecule has 1 unspecified atom stereocenters. The van der Waals surface area contributed by atoms with Gasteiger partial charge < -0.3 is 13.7 Å². The summed E-state index contributed by atoms with van der Waals surface area (Å²) in [5.74, 6) is 0.526. The van der Waals surface area contributed by atoms with Crippen molar-refractivity contribution in [2.24, 2.45) is 0 Å². The Morgan fingerprint density at radius 2 is 0.583 bits per heavy atom. The fraction of sp³-hybridized carbons (Fsp3) is 0.0864. The molecule has 0 saturated heterocycles. The number of aromatic nitrogens is 3. The van der Waals surface area contributed by atoms with Crippen LogP contribution in [0.25, 0.3) is 149 Å². The first-order valence-electron chi connectivity index (χ1n) is 29.9. The van der Waals surface area contributed by atoms with Crippen molar-refractivity contribution in [3.05, 3.63) is 284 Å². The summed E-state index contributed by atoms with van der Waals surface area (Å²) in [6, 6.07) is 103. The van der Waals surface area contributed by atoms with E-state index in [9.17, 15) is 0 Å². The van der Waals surface area contributed by atoms with Gasteiger partial charge in [0.1, 0.15) is 0 Å². The van der Waals surface area contributed by atoms with Crippen molar-refractivity contribution < 1.29 is 0 Å². The number of aryl methyl sites for hydroxylation is 1. The van der Waals surface area contributed by atoms with E-state index in [1.54, 1.807) is 0 Å². The van der Waals surface area contributed by atoms with Crippen molar-refractivity contribution in [2.45, 2.75) is 46.0 Å². The van der Waals surface area contributed by atoms with Crippen LogP contribution < -0.4 is 0 Å². The van der Waals surface area contributed by atoms with Gasteiger partial charge in [0.25, 0.3) is 0 Å². The molecule has 0 N–H and O–H groups in total. The van der Waals surface area contributed by atoms with E-state index in [1.165, 1.54) is 154 Å². The number of benzene rings is 13. The van der Waals surface area contributed by atoms with E-state index in [4.69, 9.17) is 0 Å². The van der Waals surface area contributed by atoms with Gasteiger partial charge in [0, 0.05) is 49.4 Å². The van der Waals surface area contributed by atoms with Gasteiger partial charge in [0.15, 0.2) is 0 Å². The van der Waals surface area contributed by atoms with Crippen LogP contribution in [0.3, 0.4) is 0 Å². The zero-order chi connectivity index (χ0) is 56.0. The Bertz CT molecular complexity index is 5170. The Morgan fingerprint density at radius 3 is 0.976 bits per heavy atom. The van der Waals surface area contributed by atoms with E-state index in [2.05, 4.69) is 307 Å². The van der Waals surface area contributed by atoms with E-state index < -0.39 is 0 Å². The molecule has 1 atom stereocenters. The maximum atomic E-state index is 2.47. The van der Waals surface area contributed by atoms with E-state index in [0.717, 1.165) is 24.9 Å². The minimum Gasteiger partial charge on any atom is -0.309 e. The third kappa shape index (κ3) is 7.94. The topological polar surface area (TPSA) is 14.8 Å². The molecule has 0 amide bonds. The number of fused-ring (bicyclic) bond motifs is 11. The van der Waals surface area contributed by atoms with Gasteiger partial charge in [-0.05, 0) is 193 Å². The molecule has 0 aliphatic carbocycles. The van der Waals surface area contributed by atoms with Crippen molar-refractivity contribution in [3.8, 4) is 61.6 Å². The molecule has 0 radical (unpaired) electrons. The maximum absolute atomic E-state index is 2.47. The number of hydrogen-bond acceptors (Lipinski definition) is 0. The molecule has 400 valence electrons. The normalized spacial score (nSPS) is 12.3. The van der Waals surface area contributed by atoms with Crippen LogP contribution in [-0.4, -0.2) is 13.7 Å². The monoisotopic (exact) mass is 1080 g/mol. The van der Waals surface area contributed by atoms with Crippen molar-refractivity contribution >= 4 is 87.0 Å². The molecule has 16 rings (SSSR count). The van der Waals surface area contributed by atoms with Crippen LogP contribution >= 0.6 is 0 Å². The Labute approximate surface area is 489 Å². The SMILES string of the molecule is CCCc1ccc(-n2c3ccccc3c3cc(-c4ccc5c(c4)c4cc(-c6ccc7c(c6)c6ccccc6n7-c6ccc(C(C)CC)cc6)ccc4n5-c4ccc(-c5c6ccccc6c(-c6ccccc6)c6ccccc56)cc4)ccc32)cc1. The largest absolute Gasteiger partial charge is 0.309 e. The fourth-order valence-electron chi connectivity index (χ4n) is 13.9. The van der Waals surface area contributed by atoms with Crippen LogP contribution in [0.15, 0.2) is 273 Å². The molecular weight excluding hydrogens is 1010 g/mol. The van der Waals surface area contributed by atoms with E-state index in [1.807, 2.05) is 0 Å². The average molecular weight is 1080 g/mol. The van der Waals surface area contributed by atoms with Crippen LogP contribution in [0.4, 0.5) is 0 Å². The molecule has 84 heavy (non-hydrogen) atoms. The molecule has 0 bridgehead atoms. The first kappa shape index (κ1) is 49.6. The van der Waals surface area contributed by atoms with Crippen LogP contribution in [-0.2, 0) is 6.42 Å². The number of nitrogens with zero attached hydrogens (tertiary/aromatic N) is 3. The smallest absolute Gasteiger partial charge is 0.0541 e. The minimum absolute atomic E-state index is 0.526. The number of hydrogen-bond donors (Lipinski definition) is 0. The highest BCUT2D eigenvalue weighted by atomic mass is 15.0. The summed E-state index contributed by atoms with van der Waals surface area (Å²) in [5, 5.41) is 12.5. The molecule has 13 aromatic carbocycles. The highest BCUT2D eigenvalue weighted by molar-refractivity contribution is 6.22. The van der Waals surface area contributed by atoms with Crippen LogP contribution in [0.5, 0.6) is 0 Å². The summed E-state index contributed by atoms with van der Waals surface area (Å²) in [6.07, 6.45) is 3.35. The lowest BCUT2D eigenvalue weighted by atomic mass is 9.86. The predicted octanol–water partition coefficient (Wildman–Crippen LogP) is 22.4. The zero-order valence-corrected chi connectivity index (χ0v) is 47.5. The lowest BCUT2D eigenvalue weighted by Crippen LogP contribution is -1.96. The summed E-state index contributed by atoms with van der Waals surface area (Å²) in [7, 11) is 0. The Balaban J connectivity index is 0.862. The molecular formula is C81H61N3. The highest BCUT2D eigenvalue weighted by Gasteiger charge is 2.21. The molecule has 3 heterocycles. The van der Waals surface area contributed by atoms with Gasteiger partial charge in [0.2, 0.25) is 0 Å². The molecule has 0 aliphatic rings. The zero-order valence-electron chi connectivity index (χ0n) is 47.5. The Morgan fingerprint density at radius 1 is 0.274 bits per heavy atom. The molecule has 3 heteroatoms. The lowest BCUT2D eigenvalue weighted by molar-refractivity contribution is 0.733. The predicted molar refractivity (Wildman–Crippen MR) is 359 cm³/mol. The quantitative estimate of drug-likeness (QED) is 0.115. The van der Waals surface area contributed by atoms with E-state index in [0.29, 0.717) is 5.92 Å². The fourth-order valence-corrected chi connectivity index (χ4v) is 13.9. The summed E-state index contributed by atoms with van der Waals surface area (Å²) in [5.41, 5.74) is 23.2. The molecule has 0 spiro atoms. The van der Waals surface area contributed by atoms with E-state index in [-0.39, 0.29) is 0 Å². The molecule has 16 aromatic rings. The molecule has 3 aromatic heterocycles. The van der Waals surface area contributed by atoms with Crippen molar-refractivity contribution in [3.63, 3.8) is 0 Å². The summed E-state index contributed by atoms with van der Waals surface area (Å²) < 4.78 is 7.34. The molecule has 3 nitrogen and oxygen atoms in total. The first-order chi connectivity index (χ1) is 41.5. The van der Waals surface area contributed by atoms with Crippen molar-refractivity contribution in [1.82, 2.24) is 13.7 Å².